The van der Waals surface area contributed by atoms with E-state index < -0.39 is 23.1 Å². The number of nitrogens with one attached hydrogen (secondary N) is 2. The van der Waals surface area contributed by atoms with Crippen LogP contribution in [-0.2, 0) is 32.0 Å². The maximum atomic E-state index is 11.9. The molecule has 0 heterocycles. The highest BCUT2D eigenvalue weighted by Crippen LogP contribution is 2.24. The molecule has 296 valence electrons. The number of aryl methyl sites for hydroxylation is 1. The molecule has 0 aliphatic rings. The predicted octanol–water partition coefficient (Wildman–Crippen LogP) is 8.95. The first kappa shape index (κ1) is 45.1. The molecular weight excluding hydrogens is 779 g/mol. The van der Waals surface area contributed by atoms with Crippen molar-refractivity contribution in [1.29, 1.82) is 0 Å². The number of hydrogen-bond acceptors (Lipinski definition) is 6. The number of amides is 2. The van der Waals surface area contributed by atoms with Crippen LogP contribution in [0.3, 0.4) is 0 Å². The molecule has 0 atom stereocenters. The number of carboxylic acids is 2. The summed E-state index contributed by atoms with van der Waals surface area (Å²) in [5.74, 6) is -1.42. The third kappa shape index (κ3) is 16.2. The van der Waals surface area contributed by atoms with E-state index in [2.05, 4.69) is 10.6 Å². The lowest BCUT2D eigenvalue weighted by Crippen LogP contribution is -2.37. The fourth-order valence-corrected chi connectivity index (χ4v) is 5.04. The molecule has 56 heavy (non-hydrogen) atoms. The molecule has 4 N–H and O–H groups in total. The number of carbonyl (C=O) groups is 4. The summed E-state index contributed by atoms with van der Waals surface area (Å²) < 4.78 is 10.9. The Morgan fingerprint density at radius 1 is 0.589 bits per heavy atom. The summed E-state index contributed by atoms with van der Waals surface area (Å²) in [6.45, 7) is 7.02. The largest absolute Gasteiger partial charge is 0.478 e. The van der Waals surface area contributed by atoms with E-state index in [0.717, 1.165) is 35.1 Å². The molecule has 0 radical (unpaired) electrons. The van der Waals surface area contributed by atoms with Crippen LogP contribution in [-0.4, -0.2) is 58.3 Å². The molecule has 0 aliphatic heterocycles. The smallest absolute Gasteiger partial charge is 0.347 e. The Balaban J connectivity index is 0.000000300. The van der Waals surface area contributed by atoms with Gasteiger partial charge >= 0.3 is 11.9 Å². The van der Waals surface area contributed by atoms with Gasteiger partial charge in [0.25, 0.3) is 0 Å². The zero-order chi connectivity index (χ0) is 41.3. The molecule has 4 aromatic carbocycles. The second kappa shape index (κ2) is 21.7. The summed E-state index contributed by atoms with van der Waals surface area (Å²) in [5.41, 5.74) is 1.21. The van der Waals surface area contributed by atoms with Crippen molar-refractivity contribution in [2.45, 2.75) is 58.2 Å². The van der Waals surface area contributed by atoms with Crippen molar-refractivity contribution in [1.82, 2.24) is 10.6 Å². The monoisotopic (exact) mass is 822 g/mol. The Kier molecular flexibility index (Phi) is 17.5. The molecule has 0 saturated heterocycles. The van der Waals surface area contributed by atoms with Crippen LogP contribution >= 0.6 is 34.8 Å². The fraction of sp³-hybridized carbons (Fsp3) is 0.256. The third-order valence-corrected chi connectivity index (χ3v) is 8.94. The molecular formula is C43H45Cl3N2O8. The lowest BCUT2D eigenvalue weighted by atomic mass is 10.1. The minimum absolute atomic E-state index is 0.144. The Morgan fingerprint density at radius 2 is 1.04 bits per heavy atom. The van der Waals surface area contributed by atoms with E-state index in [1.807, 2.05) is 36.4 Å². The van der Waals surface area contributed by atoms with Crippen molar-refractivity contribution in [2.75, 3.05) is 13.1 Å². The lowest BCUT2D eigenvalue weighted by molar-refractivity contribution is -0.152. The van der Waals surface area contributed by atoms with Crippen LogP contribution in [0.2, 0.25) is 15.1 Å². The van der Waals surface area contributed by atoms with Crippen molar-refractivity contribution in [3.63, 3.8) is 0 Å². The summed E-state index contributed by atoms with van der Waals surface area (Å²) in [5, 5.41) is 25.4. The summed E-state index contributed by atoms with van der Waals surface area (Å²) in [6, 6.07) is 26.8. The highest BCUT2D eigenvalue weighted by Gasteiger charge is 2.30. The molecule has 0 saturated carbocycles. The number of carbonyl (C=O) groups excluding carboxylic acids is 2. The van der Waals surface area contributed by atoms with Crippen LogP contribution in [0.4, 0.5) is 0 Å². The average Bonchev–Trinajstić information content (AvgIpc) is 3.15. The summed E-state index contributed by atoms with van der Waals surface area (Å²) in [7, 11) is 0. The minimum Gasteiger partial charge on any atom is -0.478 e. The number of halogens is 3. The standard InChI is InChI=1S/C22H24ClNO4.C21H21Cl2NO4/c1-22(2,21(26)27)28-19-12-7-16(8-13-19)4-3-15-24-20(25)14-9-17-5-10-18(23)11-6-17;1-21(2,20(26)27)28-16-7-3-14(4-8-16)11-12-24-19(25)10-6-15-5-9-17(22)18(23)13-15/h5-14H,3-4,15H2,1-2H3,(H,24,25)(H,26,27);3-10,13H,11-12H2,1-2H3,(H,24,25)(H,26,27). The number of aliphatic carboxylic acids is 2. The average molecular weight is 824 g/mol. The highest BCUT2D eigenvalue weighted by molar-refractivity contribution is 6.42. The number of rotatable bonds is 17. The number of carboxylic acid groups (broad SMARTS) is 2. The SMILES string of the molecule is CC(C)(Oc1ccc(CCCNC(=O)C=Cc2ccc(Cl)cc2)cc1)C(=O)O.CC(C)(Oc1ccc(CCNC(=O)C=Cc2ccc(Cl)c(Cl)c2)cc1)C(=O)O. The van der Waals surface area contributed by atoms with Crippen LogP contribution < -0.4 is 20.1 Å². The molecule has 0 fully saturated rings. The van der Waals surface area contributed by atoms with Gasteiger partial charge in [-0.2, -0.15) is 0 Å². The lowest BCUT2D eigenvalue weighted by Gasteiger charge is -2.21. The first-order valence-corrected chi connectivity index (χ1v) is 18.7. The van der Waals surface area contributed by atoms with Gasteiger partial charge in [0.2, 0.25) is 11.8 Å². The Hall–Kier alpha value is -5.29. The molecule has 2 amide bonds. The molecule has 13 heteroatoms. The van der Waals surface area contributed by atoms with Gasteiger partial charge in [0, 0.05) is 30.3 Å². The van der Waals surface area contributed by atoms with E-state index >= 15 is 0 Å². The topological polar surface area (TPSA) is 151 Å². The number of hydrogen-bond donors (Lipinski definition) is 4. The van der Waals surface area contributed by atoms with Gasteiger partial charge < -0.3 is 30.3 Å². The van der Waals surface area contributed by atoms with Crippen molar-refractivity contribution < 1.29 is 38.9 Å². The zero-order valence-electron chi connectivity index (χ0n) is 31.5. The van der Waals surface area contributed by atoms with Gasteiger partial charge in [-0.1, -0.05) is 77.3 Å². The Bertz CT molecular complexity index is 1990. The second-order valence-electron chi connectivity index (χ2n) is 13.5. The van der Waals surface area contributed by atoms with Gasteiger partial charge in [-0.05, 0) is 130 Å². The first-order chi connectivity index (χ1) is 26.4. The van der Waals surface area contributed by atoms with Crippen molar-refractivity contribution in [2.24, 2.45) is 0 Å². The van der Waals surface area contributed by atoms with Crippen LogP contribution in [0.15, 0.2) is 103 Å². The van der Waals surface area contributed by atoms with Gasteiger partial charge in [-0.3, -0.25) is 9.59 Å². The molecule has 10 nitrogen and oxygen atoms in total. The van der Waals surface area contributed by atoms with Gasteiger partial charge in [-0.15, -0.1) is 0 Å². The molecule has 4 rings (SSSR count). The second-order valence-corrected chi connectivity index (χ2v) is 14.7. The Labute approximate surface area is 342 Å². The molecule has 4 aromatic rings. The molecule has 0 aromatic heterocycles. The number of ether oxygens (including phenoxy) is 2. The molecule has 0 bridgehead atoms. The van der Waals surface area contributed by atoms with Crippen LogP contribution in [0.5, 0.6) is 11.5 Å². The van der Waals surface area contributed by atoms with E-state index in [0.29, 0.717) is 46.1 Å². The van der Waals surface area contributed by atoms with E-state index in [1.165, 1.54) is 39.8 Å². The van der Waals surface area contributed by atoms with E-state index in [4.69, 9.17) is 54.5 Å². The maximum Gasteiger partial charge on any atom is 0.347 e. The van der Waals surface area contributed by atoms with E-state index in [9.17, 15) is 19.2 Å². The normalized spacial score (nSPS) is 11.4. The van der Waals surface area contributed by atoms with Crippen molar-refractivity contribution >= 4 is 70.7 Å². The summed E-state index contributed by atoms with van der Waals surface area (Å²) in [6.07, 6.45) is 8.56. The predicted molar refractivity (Wildman–Crippen MR) is 222 cm³/mol. The van der Waals surface area contributed by atoms with E-state index in [-0.39, 0.29) is 11.8 Å². The first-order valence-electron chi connectivity index (χ1n) is 17.6. The maximum absolute atomic E-state index is 11.9. The minimum atomic E-state index is -1.30. The third-order valence-electron chi connectivity index (χ3n) is 7.95. The molecule has 0 aliphatic carbocycles. The van der Waals surface area contributed by atoms with Crippen molar-refractivity contribution in [3.05, 3.63) is 140 Å². The number of benzene rings is 4. The quantitative estimate of drug-likeness (QED) is 0.0609. The van der Waals surface area contributed by atoms with Gasteiger partial charge in [0.1, 0.15) is 11.5 Å². The highest BCUT2D eigenvalue weighted by atomic mass is 35.5. The summed E-state index contributed by atoms with van der Waals surface area (Å²) in [4.78, 5) is 45.9. The van der Waals surface area contributed by atoms with Crippen LogP contribution in [0, 0.1) is 0 Å². The van der Waals surface area contributed by atoms with Gasteiger partial charge in [-0.25, -0.2) is 9.59 Å². The van der Waals surface area contributed by atoms with Crippen LogP contribution in [0.25, 0.3) is 12.2 Å². The van der Waals surface area contributed by atoms with Gasteiger partial charge in [0.15, 0.2) is 11.2 Å². The molecule has 0 spiro atoms. The van der Waals surface area contributed by atoms with Gasteiger partial charge in [0.05, 0.1) is 10.0 Å². The zero-order valence-corrected chi connectivity index (χ0v) is 33.8. The molecule has 0 unspecified atom stereocenters. The van der Waals surface area contributed by atoms with E-state index in [1.54, 1.807) is 66.7 Å². The summed E-state index contributed by atoms with van der Waals surface area (Å²) >= 11 is 17.6. The van der Waals surface area contributed by atoms with Crippen LogP contribution in [0.1, 0.15) is 56.4 Å². The Morgan fingerprint density at radius 3 is 1.52 bits per heavy atom. The fourth-order valence-electron chi connectivity index (χ4n) is 4.61. The van der Waals surface area contributed by atoms with Crippen molar-refractivity contribution in [3.8, 4) is 11.5 Å².